The second-order valence-electron chi connectivity index (χ2n) is 5.50. The van der Waals surface area contributed by atoms with Crippen molar-refractivity contribution in [3.8, 4) is 0 Å². The van der Waals surface area contributed by atoms with Crippen LogP contribution in [0.5, 0.6) is 0 Å². The van der Waals surface area contributed by atoms with Crippen molar-refractivity contribution >= 4 is 0 Å². The van der Waals surface area contributed by atoms with Gasteiger partial charge in [0.25, 0.3) is 0 Å². The van der Waals surface area contributed by atoms with Gasteiger partial charge in [0, 0.05) is 0 Å². The van der Waals surface area contributed by atoms with Crippen molar-refractivity contribution in [2.45, 2.75) is 75.3 Å². The third-order valence-electron chi connectivity index (χ3n) is 3.89. The van der Waals surface area contributed by atoms with E-state index in [0.717, 1.165) is 0 Å². The van der Waals surface area contributed by atoms with Crippen molar-refractivity contribution < 1.29 is 44.8 Å². The van der Waals surface area contributed by atoms with Crippen molar-refractivity contribution in [1.29, 1.82) is 0 Å². The molecule has 0 aromatic carbocycles. The van der Waals surface area contributed by atoms with Crippen molar-refractivity contribution in [3.05, 3.63) is 0 Å². The van der Waals surface area contributed by atoms with Gasteiger partial charge >= 0.3 is 0 Å². The SMILES string of the molecule is CC1OC(OC2OC(C)C(O)C(O)C2O)C(O)C(O)C1O. The van der Waals surface area contributed by atoms with Gasteiger partial charge in [-0.05, 0) is 13.8 Å². The summed E-state index contributed by atoms with van der Waals surface area (Å²) in [7, 11) is 0. The second-order valence-corrected chi connectivity index (χ2v) is 5.50. The van der Waals surface area contributed by atoms with Crippen LogP contribution < -0.4 is 0 Å². The largest absolute Gasteiger partial charge is 0.388 e. The summed E-state index contributed by atoms with van der Waals surface area (Å²) in [5.41, 5.74) is 0. The van der Waals surface area contributed by atoms with Crippen LogP contribution in [0.2, 0.25) is 0 Å². The zero-order chi connectivity index (χ0) is 15.9. The summed E-state index contributed by atoms with van der Waals surface area (Å²) in [5, 5.41) is 58.1. The Morgan fingerprint density at radius 2 is 0.905 bits per heavy atom. The molecule has 2 saturated heterocycles. The molecule has 9 heteroatoms. The summed E-state index contributed by atoms with van der Waals surface area (Å²) in [6, 6.07) is 0. The lowest BCUT2D eigenvalue weighted by molar-refractivity contribution is -0.370. The highest BCUT2D eigenvalue weighted by atomic mass is 16.8. The van der Waals surface area contributed by atoms with E-state index in [1.54, 1.807) is 0 Å². The number of aliphatic hydroxyl groups excluding tert-OH is 6. The van der Waals surface area contributed by atoms with Crippen LogP contribution in [-0.2, 0) is 14.2 Å². The first kappa shape index (κ1) is 17.0. The van der Waals surface area contributed by atoms with Crippen molar-refractivity contribution in [2.24, 2.45) is 0 Å². The lowest BCUT2D eigenvalue weighted by atomic mass is 9.99. The minimum atomic E-state index is -1.55. The van der Waals surface area contributed by atoms with Gasteiger partial charge in [-0.2, -0.15) is 0 Å². The molecule has 9 nitrogen and oxygen atoms in total. The molecule has 21 heavy (non-hydrogen) atoms. The molecule has 0 radical (unpaired) electrons. The molecule has 0 aromatic rings. The number of rotatable bonds is 2. The van der Waals surface area contributed by atoms with Gasteiger partial charge in [0.1, 0.15) is 36.6 Å². The number of ether oxygens (including phenoxy) is 3. The molecule has 2 aliphatic heterocycles. The highest BCUT2D eigenvalue weighted by molar-refractivity contribution is 4.90. The van der Waals surface area contributed by atoms with E-state index in [4.69, 9.17) is 14.2 Å². The average Bonchev–Trinajstić information content (AvgIpc) is 2.45. The molecule has 0 bridgehead atoms. The Balaban J connectivity index is 2.03. The summed E-state index contributed by atoms with van der Waals surface area (Å²) >= 11 is 0. The van der Waals surface area contributed by atoms with E-state index in [2.05, 4.69) is 0 Å². The maximum atomic E-state index is 9.82. The van der Waals surface area contributed by atoms with Crippen LogP contribution in [0, 0.1) is 0 Å². The van der Waals surface area contributed by atoms with Gasteiger partial charge in [0.05, 0.1) is 12.2 Å². The zero-order valence-electron chi connectivity index (χ0n) is 11.7. The predicted octanol–water partition coefficient (Wildman–Crippen LogP) is -3.34. The summed E-state index contributed by atoms with van der Waals surface area (Å²) in [5.74, 6) is 0. The van der Waals surface area contributed by atoms with Crippen LogP contribution in [0.4, 0.5) is 0 Å². The standard InChI is InChI=1S/C12H22O9/c1-3-5(13)7(15)9(17)11(19-3)21-12-10(18)8(16)6(14)4(2)20-12/h3-18H,1-2H3. The topological polar surface area (TPSA) is 149 Å². The number of aliphatic hydroxyl groups is 6. The Morgan fingerprint density at radius 1 is 0.571 bits per heavy atom. The molecular weight excluding hydrogens is 288 g/mol. The van der Waals surface area contributed by atoms with E-state index in [1.807, 2.05) is 0 Å². The van der Waals surface area contributed by atoms with Gasteiger partial charge in [-0.25, -0.2) is 0 Å². The monoisotopic (exact) mass is 310 g/mol. The first-order valence-corrected chi connectivity index (χ1v) is 6.78. The van der Waals surface area contributed by atoms with Crippen LogP contribution >= 0.6 is 0 Å². The minimum Gasteiger partial charge on any atom is -0.388 e. The number of hydrogen-bond donors (Lipinski definition) is 6. The first-order valence-electron chi connectivity index (χ1n) is 6.78. The van der Waals surface area contributed by atoms with Crippen molar-refractivity contribution in [3.63, 3.8) is 0 Å². The van der Waals surface area contributed by atoms with E-state index in [0.29, 0.717) is 0 Å². The molecule has 2 heterocycles. The average molecular weight is 310 g/mol. The zero-order valence-corrected chi connectivity index (χ0v) is 11.7. The molecule has 6 N–H and O–H groups in total. The maximum Gasteiger partial charge on any atom is 0.189 e. The Kier molecular flexibility index (Phi) is 5.19. The summed E-state index contributed by atoms with van der Waals surface area (Å²) < 4.78 is 15.7. The second kappa shape index (κ2) is 6.41. The molecular formula is C12H22O9. The number of hydrogen-bond acceptors (Lipinski definition) is 9. The smallest absolute Gasteiger partial charge is 0.189 e. The van der Waals surface area contributed by atoms with Crippen LogP contribution in [0.15, 0.2) is 0 Å². The maximum absolute atomic E-state index is 9.82. The van der Waals surface area contributed by atoms with Crippen LogP contribution in [0.1, 0.15) is 13.8 Å². The minimum absolute atomic E-state index is 0.804. The molecule has 0 saturated carbocycles. The fourth-order valence-electron chi connectivity index (χ4n) is 2.38. The van der Waals surface area contributed by atoms with Gasteiger partial charge in [-0.15, -0.1) is 0 Å². The Morgan fingerprint density at radius 3 is 1.24 bits per heavy atom. The van der Waals surface area contributed by atoms with Crippen molar-refractivity contribution in [2.75, 3.05) is 0 Å². The lowest BCUT2D eigenvalue weighted by Gasteiger charge is -2.44. The Bertz CT molecular complexity index is 322. The molecule has 10 unspecified atom stereocenters. The third-order valence-corrected chi connectivity index (χ3v) is 3.89. The molecule has 0 spiro atoms. The van der Waals surface area contributed by atoms with E-state index >= 15 is 0 Å². The normalized spacial score (nSPS) is 55.4. The molecule has 0 amide bonds. The van der Waals surface area contributed by atoms with Gasteiger partial charge < -0.3 is 44.8 Å². The molecule has 0 aromatic heterocycles. The Hall–Kier alpha value is -0.360. The summed E-state index contributed by atoms with van der Waals surface area (Å²) in [6.45, 7) is 2.96. The van der Waals surface area contributed by atoms with Gasteiger partial charge in [0.2, 0.25) is 0 Å². The van der Waals surface area contributed by atoms with Crippen molar-refractivity contribution in [1.82, 2.24) is 0 Å². The van der Waals surface area contributed by atoms with Gasteiger partial charge in [0.15, 0.2) is 12.6 Å². The molecule has 10 atom stereocenters. The lowest BCUT2D eigenvalue weighted by Crippen LogP contribution is -2.62. The summed E-state index contributed by atoms with van der Waals surface area (Å²) in [4.78, 5) is 0. The fourth-order valence-corrected chi connectivity index (χ4v) is 2.38. The van der Waals surface area contributed by atoms with Gasteiger partial charge in [-0.3, -0.25) is 0 Å². The molecule has 2 fully saturated rings. The van der Waals surface area contributed by atoms with E-state index in [1.165, 1.54) is 13.8 Å². The molecule has 2 aliphatic rings. The van der Waals surface area contributed by atoms with Crippen LogP contribution in [0.25, 0.3) is 0 Å². The van der Waals surface area contributed by atoms with E-state index in [-0.39, 0.29) is 0 Å². The first-order chi connectivity index (χ1) is 9.73. The van der Waals surface area contributed by atoms with E-state index < -0.39 is 61.4 Å². The highest BCUT2D eigenvalue weighted by Crippen LogP contribution is 2.27. The van der Waals surface area contributed by atoms with Crippen LogP contribution in [-0.4, -0.2) is 92.1 Å². The Labute approximate surface area is 121 Å². The fraction of sp³-hybridized carbons (Fsp3) is 1.00. The van der Waals surface area contributed by atoms with Gasteiger partial charge in [-0.1, -0.05) is 0 Å². The molecule has 2 rings (SSSR count). The predicted molar refractivity (Wildman–Crippen MR) is 65.8 cm³/mol. The quantitative estimate of drug-likeness (QED) is 0.308. The van der Waals surface area contributed by atoms with Crippen LogP contribution in [0.3, 0.4) is 0 Å². The van der Waals surface area contributed by atoms with E-state index in [9.17, 15) is 30.6 Å². The molecule has 0 aliphatic carbocycles. The highest BCUT2D eigenvalue weighted by Gasteiger charge is 2.48. The molecule has 124 valence electrons. The summed E-state index contributed by atoms with van der Waals surface area (Å²) in [6.07, 6.45) is -12.9. The third kappa shape index (κ3) is 3.21.